The molecular formula is C19H23ClN2O2. The van der Waals surface area contributed by atoms with Gasteiger partial charge in [-0.2, -0.15) is 0 Å². The van der Waals surface area contributed by atoms with Crippen LogP contribution in [0.2, 0.25) is 5.02 Å². The fourth-order valence-electron chi connectivity index (χ4n) is 4.90. The van der Waals surface area contributed by atoms with Gasteiger partial charge in [-0.3, -0.25) is 4.79 Å². The van der Waals surface area contributed by atoms with Crippen LogP contribution in [0.5, 0.6) is 0 Å². The van der Waals surface area contributed by atoms with Crippen molar-refractivity contribution in [2.75, 3.05) is 6.61 Å². The number of carbonyl (C=O) groups is 1. The highest BCUT2D eigenvalue weighted by Crippen LogP contribution is 2.52. The van der Waals surface area contributed by atoms with Gasteiger partial charge in [0.25, 0.3) is 5.91 Å². The highest BCUT2D eigenvalue weighted by molar-refractivity contribution is 6.31. The van der Waals surface area contributed by atoms with E-state index in [0.29, 0.717) is 10.7 Å². The van der Waals surface area contributed by atoms with Crippen LogP contribution < -0.4 is 0 Å². The molecule has 128 valence electrons. The lowest BCUT2D eigenvalue weighted by Gasteiger charge is -2.34. The third-order valence-electron chi connectivity index (χ3n) is 6.34. The Morgan fingerprint density at radius 2 is 2.25 bits per heavy atom. The Kier molecular flexibility index (Phi) is 3.66. The van der Waals surface area contributed by atoms with Crippen molar-refractivity contribution in [3.63, 3.8) is 0 Å². The average molecular weight is 347 g/mol. The van der Waals surface area contributed by atoms with Crippen molar-refractivity contribution < 1.29 is 9.90 Å². The van der Waals surface area contributed by atoms with Crippen molar-refractivity contribution in [3.05, 3.63) is 34.5 Å². The molecule has 0 aliphatic carbocycles. The second-order valence-electron chi connectivity index (χ2n) is 7.35. The number of nitrogens with zero attached hydrogens (tertiary/aromatic N) is 1. The van der Waals surface area contributed by atoms with Crippen LogP contribution in [0.3, 0.4) is 0 Å². The molecule has 0 radical (unpaired) electrons. The number of benzene rings is 1. The maximum absolute atomic E-state index is 13.3. The SMILES string of the molecule is CC[C@]1(CO)C[C@H]2CC[C@@H]1N2C(=O)c1[nH]c2ccc(Cl)cc2c1C. The van der Waals surface area contributed by atoms with Crippen LogP contribution in [-0.4, -0.2) is 39.6 Å². The fourth-order valence-corrected chi connectivity index (χ4v) is 5.07. The first-order valence-corrected chi connectivity index (χ1v) is 9.10. The molecule has 0 unspecified atom stereocenters. The molecule has 0 spiro atoms. The van der Waals surface area contributed by atoms with Crippen molar-refractivity contribution >= 4 is 28.4 Å². The number of amides is 1. The van der Waals surface area contributed by atoms with E-state index in [1.807, 2.05) is 30.0 Å². The summed E-state index contributed by atoms with van der Waals surface area (Å²) in [5, 5.41) is 11.6. The standard InChI is InChI=1S/C19H23ClN2O2/c1-3-19(10-23)9-13-5-7-16(19)22(13)18(24)17-11(2)14-8-12(20)4-6-15(14)21-17/h4,6,8,13,16,21,23H,3,5,7,9-10H2,1-2H3/t13-,16+,19-/m1/s1. The number of aromatic amines is 1. The minimum atomic E-state index is -0.123. The van der Waals surface area contributed by atoms with Crippen molar-refractivity contribution in [2.45, 2.75) is 51.6 Å². The number of H-pyrrole nitrogens is 1. The zero-order chi connectivity index (χ0) is 17.1. The number of hydrogen-bond donors (Lipinski definition) is 2. The Labute approximate surface area is 146 Å². The topological polar surface area (TPSA) is 56.3 Å². The lowest BCUT2D eigenvalue weighted by molar-refractivity contribution is 0.0553. The predicted molar refractivity (Wildman–Crippen MR) is 95.5 cm³/mol. The molecule has 2 aliphatic heterocycles. The summed E-state index contributed by atoms with van der Waals surface area (Å²) in [7, 11) is 0. The minimum Gasteiger partial charge on any atom is -0.396 e. The number of aliphatic hydroxyl groups is 1. The Hall–Kier alpha value is -1.52. The molecule has 2 fully saturated rings. The number of aromatic nitrogens is 1. The molecule has 0 saturated carbocycles. The highest BCUT2D eigenvalue weighted by atomic mass is 35.5. The molecule has 2 aliphatic rings. The predicted octanol–water partition coefficient (Wildman–Crippen LogP) is 3.90. The molecule has 24 heavy (non-hydrogen) atoms. The van der Waals surface area contributed by atoms with Crippen LogP contribution in [0.1, 0.15) is 48.7 Å². The number of nitrogens with one attached hydrogen (secondary N) is 1. The Morgan fingerprint density at radius 3 is 2.92 bits per heavy atom. The molecule has 3 heterocycles. The molecule has 4 nitrogen and oxygen atoms in total. The van der Waals surface area contributed by atoms with Gasteiger partial charge in [-0.1, -0.05) is 18.5 Å². The second kappa shape index (κ2) is 5.50. The van der Waals surface area contributed by atoms with E-state index in [1.54, 1.807) is 0 Å². The largest absolute Gasteiger partial charge is 0.396 e. The highest BCUT2D eigenvalue weighted by Gasteiger charge is 2.56. The molecule has 4 rings (SSSR count). The quantitative estimate of drug-likeness (QED) is 0.885. The van der Waals surface area contributed by atoms with Crippen molar-refractivity contribution in [3.8, 4) is 0 Å². The molecule has 5 heteroatoms. The van der Waals surface area contributed by atoms with Gasteiger partial charge < -0.3 is 15.0 Å². The molecule has 3 atom stereocenters. The Morgan fingerprint density at radius 1 is 1.46 bits per heavy atom. The van der Waals surface area contributed by atoms with Gasteiger partial charge in [0, 0.05) is 33.4 Å². The van der Waals surface area contributed by atoms with Gasteiger partial charge in [0.05, 0.1) is 6.61 Å². The summed E-state index contributed by atoms with van der Waals surface area (Å²) in [6.07, 6.45) is 3.87. The average Bonchev–Trinajstić information content (AvgIpc) is 3.24. The van der Waals surface area contributed by atoms with E-state index in [9.17, 15) is 9.90 Å². The number of rotatable bonds is 3. The fraction of sp³-hybridized carbons (Fsp3) is 0.526. The molecule has 2 N–H and O–H groups in total. The molecule has 1 aromatic carbocycles. The van der Waals surface area contributed by atoms with Gasteiger partial charge in [-0.05, 0) is 56.4 Å². The van der Waals surface area contributed by atoms with Gasteiger partial charge in [-0.25, -0.2) is 0 Å². The van der Waals surface area contributed by atoms with Crippen LogP contribution in [0.25, 0.3) is 10.9 Å². The zero-order valence-electron chi connectivity index (χ0n) is 14.1. The summed E-state index contributed by atoms with van der Waals surface area (Å²) < 4.78 is 0. The van der Waals surface area contributed by atoms with Gasteiger partial charge >= 0.3 is 0 Å². The van der Waals surface area contributed by atoms with Gasteiger partial charge in [0.1, 0.15) is 5.69 Å². The van der Waals surface area contributed by atoms with Crippen LogP contribution in [0, 0.1) is 12.3 Å². The summed E-state index contributed by atoms with van der Waals surface area (Å²) >= 11 is 6.10. The third-order valence-corrected chi connectivity index (χ3v) is 6.57. The van der Waals surface area contributed by atoms with E-state index >= 15 is 0 Å². The smallest absolute Gasteiger partial charge is 0.271 e. The van der Waals surface area contributed by atoms with Gasteiger partial charge in [0.2, 0.25) is 0 Å². The van der Waals surface area contributed by atoms with Crippen LogP contribution >= 0.6 is 11.6 Å². The summed E-state index contributed by atoms with van der Waals surface area (Å²) in [4.78, 5) is 18.6. The lowest BCUT2D eigenvalue weighted by Crippen LogP contribution is -2.42. The number of halogens is 1. The molecular weight excluding hydrogens is 324 g/mol. The number of carbonyl (C=O) groups excluding carboxylic acids is 1. The van der Waals surface area contributed by atoms with E-state index in [0.717, 1.165) is 42.1 Å². The van der Waals surface area contributed by atoms with Crippen molar-refractivity contribution in [1.29, 1.82) is 0 Å². The first-order chi connectivity index (χ1) is 11.5. The Bertz CT molecular complexity index is 809. The monoisotopic (exact) mass is 346 g/mol. The number of aryl methyl sites for hydroxylation is 1. The van der Waals surface area contributed by atoms with Crippen molar-refractivity contribution in [1.82, 2.24) is 9.88 Å². The lowest BCUT2D eigenvalue weighted by atomic mass is 9.72. The molecule has 2 saturated heterocycles. The van der Waals surface area contributed by atoms with E-state index in [4.69, 9.17) is 11.6 Å². The summed E-state index contributed by atoms with van der Waals surface area (Å²) in [5.74, 6) is 0.0658. The molecule has 2 bridgehead atoms. The van der Waals surface area contributed by atoms with Gasteiger partial charge in [0.15, 0.2) is 0 Å². The number of fused-ring (bicyclic) bond motifs is 3. The number of aliphatic hydroxyl groups excluding tert-OH is 1. The van der Waals surface area contributed by atoms with Gasteiger partial charge in [-0.15, -0.1) is 0 Å². The van der Waals surface area contributed by atoms with Crippen LogP contribution in [0.4, 0.5) is 0 Å². The summed E-state index contributed by atoms with van der Waals surface area (Å²) in [6.45, 7) is 4.25. The van der Waals surface area contributed by atoms with E-state index in [2.05, 4.69) is 11.9 Å². The zero-order valence-corrected chi connectivity index (χ0v) is 14.9. The second-order valence-corrected chi connectivity index (χ2v) is 7.79. The third kappa shape index (κ3) is 2.06. The maximum Gasteiger partial charge on any atom is 0.271 e. The first kappa shape index (κ1) is 16.0. The molecule has 1 amide bonds. The Balaban J connectivity index is 1.74. The van der Waals surface area contributed by atoms with Crippen LogP contribution in [-0.2, 0) is 0 Å². The first-order valence-electron chi connectivity index (χ1n) is 8.72. The maximum atomic E-state index is 13.3. The molecule has 1 aromatic heterocycles. The summed E-state index contributed by atoms with van der Waals surface area (Å²) in [6, 6.07) is 6.07. The minimum absolute atomic E-state index is 0.0658. The van der Waals surface area contributed by atoms with Crippen LogP contribution in [0.15, 0.2) is 18.2 Å². The summed E-state index contributed by atoms with van der Waals surface area (Å²) in [5.41, 5.74) is 2.43. The van der Waals surface area contributed by atoms with E-state index in [1.165, 1.54) is 0 Å². The normalized spacial score (nSPS) is 28.9. The van der Waals surface area contributed by atoms with E-state index < -0.39 is 0 Å². The van der Waals surface area contributed by atoms with E-state index in [-0.39, 0.29) is 30.0 Å². The number of hydrogen-bond acceptors (Lipinski definition) is 2. The molecule has 2 aromatic rings. The van der Waals surface area contributed by atoms with Crippen molar-refractivity contribution in [2.24, 2.45) is 5.41 Å².